The monoisotopic (exact) mass is 425 g/mol. The van der Waals surface area contributed by atoms with Crippen molar-refractivity contribution in [2.75, 3.05) is 6.61 Å². The van der Waals surface area contributed by atoms with Gasteiger partial charge in [-0.2, -0.15) is 18.3 Å². The van der Waals surface area contributed by atoms with Crippen molar-refractivity contribution in [3.05, 3.63) is 38.6 Å². The standard InChI is InChI=1S/C18H18F3N5O2S/c1-9-11(7-22-25(9)2)13-6-12(18(19,20)21)14-15(23-13)26(17(29)24-16(14)27)8-10-4-3-5-28-10/h6-7,10H,3-5,8H2,1-2H3,(H,24,27,29)/t10-/m1/s1. The van der Waals surface area contributed by atoms with Gasteiger partial charge in [-0.25, -0.2) is 4.98 Å². The van der Waals surface area contributed by atoms with Crippen LogP contribution in [0.5, 0.6) is 0 Å². The first kappa shape index (κ1) is 19.8. The number of pyridine rings is 1. The van der Waals surface area contributed by atoms with E-state index >= 15 is 0 Å². The van der Waals surface area contributed by atoms with E-state index in [4.69, 9.17) is 17.0 Å². The van der Waals surface area contributed by atoms with Crippen molar-refractivity contribution in [3.8, 4) is 11.3 Å². The third-order valence-electron chi connectivity index (χ3n) is 5.18. The second-order valence-electron chi connectivity index (χ2n) is 7.02. The lowest BCUT2D eigenvalue weighted by atomic mass is 10.1. The van der Waals surface area contributed by atoms with Gasteiger partial charge >= 0.3 is 6.18 Å². The third kappa shape index (κ3) is 3.48. The van der Waals surface area contributed by atoms with Crippen molar-refractivity contribution in [2.45, 2.75) is 38.6 Å². The Bertz CT molecular complexity index is 1210. The van der Waals surface area contributed by atoms with Crippen LogP contribution in [0.3, 0.4) is 0 Å². The van der Waals surface area contributed by atoms with Crippen molar-refractivity contribution in [3.63, 3.8) is 0 Å². The summed E-state index contributed by atoms with van der Waals surface area (Å²) in [4.78, 5) is 19.2. The number of ether oxygens (including phenoxy) is 1. The zero-order chi connectivity index (χ0) is 20.9. The van der Waals surface area contributed by atoms with E-state index in [1.165, 1.54) is 10.8 Å². The maximum absolute atomic E-state index is 13.9. The molecule has 1 N–H and O–H groups in total. The Morgan fingerprint density at radius 3 is 2.76 bits per heavy atom. The van der Waals surface area contributed by atoms with Crippen LogP contribution in [0.2, 0.25) is 0 Å². The molecule has 3 aromatic rings. The summed E-state index contributed by atoms with van der Waals surface area (Å²) < 4.78 is 50.2. The number of fused-ring (bicyclic) bond motifs is 1. The number of nitrogens with one attached hydrogen (secondary N) is 1. The van der Waals surface area contributed by atoms with Crippen molar-refractivity contribution < 1.29 is 17.9 Å². The van der Waals surface area contributed by atoms with Crippen LogP contribution in [0.25, 0.3) is 22.3 Å². The molecule has 0 spiro atoms. The molecule has 154 valence electrons. The van der Waals surface area contributed by atoms with Gasteiger partial charge in [-0.05, 0) is 38.0 Å². The lowest BCUT2D eigenvalue weighted by Crippen LogP contribution is -2.24. The Morgan fingerprint density at radius 2 is 2.17 bits per heavy atom. The molecule has 0 saturated carbocycles. The minimum atomic E-state index is -4.75. The predicted octanol–water partition coefficient (Wildman–Crippen LogP) is 3.36. The molecule has 1 aliphatic rings. The zero-order valence-electron chi connectivity index (χ0n) is 15.7. The summed E-state index contributed by atoms with van der Waals surface area (Å²) in [6.45, 7) is 2.53. The van der Waals surface area contributed by atoms with Gasteiger partial charge in [0.1, 0.15) is 5.65 Å². The quantitative estimate of drug-likeness (QED) is 0.651. The number of aryl methyl sites for hydroxylation is 1. The molecule has 0 aliphatic carbocycles. The van der Waals surface area contributed by atoms with Crippen LogP contribution >= 0.6 is 12.2 Å². The van der Waals surface area contributed by atoms with Gasteiger partial charge < -0.3 is 4.74 Å². The molecule has 29 heavy (non-hydrogen) atoms. The van der Waals surface area contributed by atoms with Crippen molar-refractivity contribution >= 4 is 23.3 Å². The van der Waals surface area contributed by atoms with Crippen molar-refractivity contribution in [1.82, 2.24) is 24.3 Å². The van der Waals surface area contributed by atoms with Crippen LogP contribution in [0.4, 0.5) is 13.2 Å². The maximum Gasteiger partial charge on any atom is 0.417 e. The molecular weight excluding hydrogens is 407 g/mol. The molecule has 0 aromatic carbocycles. The Hall–Kier alpha value is -2.53. The normalized spacial score (nSPS) is 17.3. The van der Waals surface area contributed by atoms with E-state index in [9.17, 15) is 18.0 Å². The number of aromatic amines is 1. The first-order valence-corrected chi connectivity index (χ1v) is 9.43. The fourth-order valence-electron chi connectivity index (χ4n) is 3.55. The van der Waals surface area contributed by atoms with Gasteiger partial charge in [0.25, 0.3) is 5.56 Å². The van der Waals surface area contributed by atoms with Crippen molar-refractivity contribution in [2.24, 2.45) is 7.05 Å². The first-order valence-electron chi connectivity index (χ1n) is 9.02. The van der Waals surface area contributed by atoms with Crippen LogP contribution in [-0.4, -0.2) is 37.0 Å². The summed E-state index contributed by atoms with van der Waals surface area (Å²) >= 11 is 5.24. The Morgan fingerprint density at radius 1 is 1.41 bits per heavy atom. The smallest absolute Gasteiger partial charge is 0.376 e. The molecule has 0 amide bonds. The van der Waals surface area contributed by atoms with E-state index in [2.05, 4.69) is 15.1 Å². The average Bonchev–Trinajstić information content (AvgIpc) is 3.27. The molecule has 1 aliphatic heterocycles. The highest BCUT2D eigenvalue weighted by Crippen LogP contribution is 2.36. The van der Waals surface area contributed by atoms with E-state index < -0.39 is 22.7 Å². The molecule has 0 radical (unpaired) electrons. The van der Waals surface area contributed by atoms with E-state index in [0.717, 1.165) is 18.9 Å². The number of H-pyrrole nitrogens is 1. The fraction of sp³-hybridized carbons (Fsp3) is 0.444. The summed E-state index contributed by atoms with van der Waals surface area (Å²) in [6, 6.07) is 0.890. The molecule has 7 nitrogen and oxygen atoms in total. The lowest BCUT2D eigenvalue weighted by Gasteiger charge is -2.18. The SMILES string of the molecule is Cc1c(-c2cc(C(F)(F)F)c3c(=O)[nH]c(=S)n(C[C@H]4CCCO4)c3n2)cnn1C. The summed E-state index contributed by atoms with van der Waals surface area (Å²) in [6.07, 6.45) is -1.87. The number of rotatable bonds is 3. The summed E-state index contributed by atoms with van der Waals surface area (Å²) in [5.41, 5.74) is -0.895. The number of halogens is 3. The Kier molecular flexibility index (Phi) is 4.82. The van der Waals surface area contributed by atoms with Gasteiger partial charge in [-0.1, -0.05) is 0 Å². The van der Waals surface area contributed by atoms with Crippen molar-refractivity contribution in [1.29, 1.82) is 0 Å². The molecule has 0 bridgehead atoms. The third-order valence-corrected chi connectivity index (χ3v) is 5.50. The van der Waals surface area contributed by atoms with Gasteiger partial charge in [-0.15, -0.1) is 0 Å². The summed E-state index contributed by atoms with van der Waals surface area (Å²) in [5, 5.41) is 3.55. The minimum absolute atomic E-state index is 0.0127. The highest BCUT2D eigenvalue weighted by atomic mass is 32.1. The fourth-order valence-corrected chi connectivity index (χ4v) is 3.80. The number of hydrogen-bond acceptors (Lipinski definition) is 5. The lowest BCUT2D eigenvalue weighted by molar-refractivity contribution is -0.136. The second kappa shape index (κ2) is 7.06. The van der Waals surface area contributed by atoms with Crippen LogP contribution in [0.15, 0.2) is 17.1 Å². The highest BCUT2D eigenvalue weighted by Gasteiger charge is 2.36. The first-order chi connectivity index (χ1) is 13.7. The van der Waals surface area contributed by atoms with E-state index in [1.807, 2.05) is 0 Å². The molecule has 11 heteroatoms. The maximum atomic E-state index is 13.9. The molecular formula is C18H18F3N5O2S. The largest absolute Gasteiger partial charge is 0.417 e. The van der Waals surface area contributed by atoms with Crippen LogP contribution in [0.1, 0.15) is 24.1 Å². The van der Waals surface area contributed by atoms with E-state index in [1.54, 1.807) is 18.7 Å². The Balaban J connectivity index is 2.06. The Labute approximate surface area is 168 Å². The highest BCUT2D eigenvalue weighted by molar-refractivity contribution is 7.71. The number of alkyl halides is 3. The van der Waals surface area contributed by atoms with Gasteiger partial charge in [0.2, 0.25) is 0 Å². The molecule has 3 aromatic heterocycles. The molecule has 0 unspecified atom stereocenters. The number of hydrogen-bond donors (Lipinski definition) is 1. The van der Waals surface area contributed by atoms with E-state index in [-0.39, 0.29) is 28.8 Å². The summed E-state index contributed by atoms with van der Waals surface area (Å²) in [5.74, 6) is 0. The van der Waals surface area contributed by atoms with Gasteiger partial charge in [-0.3, -0.25) is 19.0 Å². The van der Waals surface area contributed by atoms with Crippen LogP contribution in [0, 0.1) is 11.7 Å². The number of aromatic nitrogens is 5. The van der Waals surface area contributed by atoms with Gasteiger partial charge in [0, 0.05) is 24.9 Å². The van der Waals surface area contributed by atoms with Crippen LogP contribution in [-0.2, 0) is 24.5 Å². The molecule has 1 atom stereocenters. The topological polar surface area (TPSA) is 77.7 Å². The van der Waals surface area contributed by atoms with Crippen LogP contribution < -0.4 is 5.56 Å². The molecule has 4 heterocycles. The molecule has 1 saturated heterocycles. The average molecular weight is 425 g/mol. The zero-order valence-corrected chi connectivity index (χ0v) is 16.5. The number of nitrogens with zero attached hydrogens (tertiary/aromatic N) is 4. The molecule has 4 rings (SSSR count). The summed E-state index contributed by atoms with van der Waals surface area (Å²) in [7, 11) is 1.69. The minimum Gasteiger partial charge on any atom is -0.376 e. The van der Waals surface area contributed by atoms with E-state index in [0.29, 0.717) is 17.9 Å². The van der Waals surface area contributed by atoms with Gasteiger partial charge in [0.05, 0.1) is 35.5 Å². The predicted molar refractivity (Wildman–Crippen MR) is 102 cm³/mol. The second-order valence-corrected chi connectivity index (χ2v) is 7.41. The molecule has 1 fully saturated rings. The van der Waals surface area contributed by atoms with Gasteiger partial charge in [0.15, 0.2) is 4.77 Å².